The van der Waals surface area contributed by atoms with Crippen molar-refractivity contribution in [3.05, 3.63) is 56.9 Å². The van der Waals surface area contributed by atoms with Gasteiger partial charge in [-0.25, -0.2) is 4.79 Å². The molecule has 0 aliphatic carbocycles. The summed E-state index contributed by atoms with van der Waals surface area (Å²) in [6.45, 7) is 3.51. The summed E-state index contributed by atoms with van der Waals surface area (Å²) in [5.41, 5.74) is 0.614. The van der Waals surface area contributed by atoms with E-state index in [1.165, 1.54) is 11.3 Å². The van der Waals surface area contributed by atoms with Gasteiger partial charge in [0.05, 0.1) is 11.7 Å². The maximum absolute atomic E-state index is 12.6. The monoisotopic (exact) mass is 434 g/mol. The zero-order valence-corrected chi connectivity index (χ0v) is 16.4. The third kappa shape index (κ3) is 3.86. The number of benzene rings is 1. The van der Waals surface area contributed by atoms with Gasteiger partial charge in [-0.15, -0.1) is 11.3 Å². The molecule has 0 unspecified atom stereocenters. The van der Waals surface area contributed by atoms with Crippen LogP contribution in [0.2, 0.25) is 0 Å². The molecule has 0 saturated heterocycles. The summed E-state index contributed by atoms with van der Waals surface area (Å²) in [6, 6.07) is 8.49. The number of thiophene rings is 1. The van der Waals surface area contributed by atoms with E-state index >= 15 is 0 Å². The van der Waals surface area contributed by atoms with Gasteiger partial charge >= 0.3 is 5.97 Å². The fraction of sp³-hybridized carbons (Fsp3) is 0.167. The minimum absolute atomic E-state index is 0.0761. The molecule has 6 nitrogen and oxygen atoms in total. The zero-order chi connectivity index (χ0) is 18.8. The molecule has 0 spiro atoms. The molecule has 26 heavy (non-hydrogen) atoms. The number of fused-ring (bicyclic) bond motifs is 1. The third-order valence-corrected chi connectivity index (χ3v) is 4.75. The second-order valence-electron chi connectivity index (χ2n) is 5.74. The Morgan fingerprint density at radius 2 is 2.00 bits per heavy atom. The number of hydrogen-bond acceptors (Lipinski definition) is 6. The minimum Gasteiger partial charge on any atom is -0.459 e. The van der Waals surface area contributed by atoms with Gasteiger partial charge in [-0.3, -0.25) is 10.2 Å². The molecule has 3 aromatic rings. The van der Waals surface area contributed by atoms with Gasteiger partial charge in [0.2, 0.25) is 5.55 Å². The third-order valence-electron chi connectivity index (χ3n) is 3.43. The van der Waals surface area contributed by atoms with E-state index in [9.17, 15) is 9.59 Å². The van der Waals surface area contributed by atoms with Gasteiger partial charge in [0.25, 0.3) is 5.91 Å². The van der Waals surface area contributed by atoms with Gasteiger partial charge in [0.1, 0.15) is 16.1 Å². The first-order chi connectivity index (χ1) is 12.3. The molecule has 2 N–H and O–H groups in total. The van der Waals surface area contributed by atoms with Crippen LogP contribution in [-0.2, 0) is 4.74 Å². The fourth-order valence-corrected chi connectivity index (χ4v) is 3.44. The number of carbonyl (C=O) groups excluding carboxylic acids is 2. The number of esters is 1. The van der Waals surface area contributed by atoms with Crippen molar-refractivity contribution in [1.82, 2.24) is 0 Å². The number of hydrogen-bond donors (Lipinski definition) is 2. The predicted octanol–water partition coefficient (Wildman–Crippen LogP) is 4.55. The molecule has 0 fully saturated rings. The summed E-state index contributed by atoms with van der Waals surface area (Å²) in [4.78, 5) is 24.7. The Balaban J connectivity index is 1.91. The van der Waals surface area contributed by atoms with E-state index < -0.39 is 11.9 Å². The van der Waals surface area contributed by atoms with E-state index in [0.717, 1.165) is 4.47 Å². The summed E-state index contributed by atoms with van der Waals surface area (Å²) in [7, 11) is 0. The molecule has 0 radical (unpaired) electrons. The van der Waals surface area contributed by atoms with Crippen molar-refractivity contribution in [3.8, 4) is 0 Å². The number of anilines is 1. The predicted molar refractivity (Wildman–Crippen MR) is 103 cm³/mol. The second-order valence-corrected chi connectivity index (χ2v) is 7.57. The standard InChI is InChI=1S/C18H15BrN2O4S/c1-9(2)24-18(23)12-5-6-26-17(12)21-16(22)13-8-10-7-11(19)3-4-14(10)25-15(13)20/h3-9,20H,1-2H3,(H,21,22). The number of halogens is 1. The molecular formula is C18H15BrN2O4S. The highest BCUT2D eigenvalue weighted by Gasteiger charge is 2.19. The van der Waals surface area contributed by atoms with Crippen LogP contribution < -0.4 is 10.9 Å². The van der Waals surface area contributed by atoms with Crippen molar-refractivity contribution in [2.24, 2.45) is 0 Å². The normalized spacial score (nSPS) is 10.9. The van der Waals surface area contributed by atoms with E-state index in [-0.39, 0.29) is 22.8 Å². The molecule has 0 aliphatic heterocycles. The van der Waals surface area contributed by atoms with E-state index in [1.807, 2.05) is 0 Å². The fourth-order valence-electron chi connectivity index (χ4n) is 2.29. The van der Waals surface area contributed by atoms with Crippen molar-refractivity contribution in [2.75, 3.05) is 5.32 Å². The first kappa shape index (κ1) is 18.3. The molecule has 2 heterocycles. The average Bonchev–Trinajstić information content (AvgIpc) is 3.02. The largest absolute Gasteiger partial charge is 0.459 e. The van der Waals surface area contributed by atoms with E-state index in [1.54, 1.807) is 49.6 Å². The highest BCUT2D eigenvalue weighted by atomic mass is 79.9. The molecule has 3 rings (SSSR count). The lowest BCUT2D eigenvalue weighted by molar-refractivity contribution is 0.0379. The number of carbonyl (C=O) groups is 2. The summed E-state index contributed by atoms with van der Waals surface area (Å²) >= 11 is 4.58. The Bertz CT molecular complexity index is 1050. The molecule has 0 atom stereocenters. The second kappa shape index (κ2) is 7.43. The topological polar surface area (TPSA) is 92.4 Å². The van der Waals surface area contributed by atoms with E-state index in [2.05, 4.69) is 21.2 Å². The number of amides is 1. The van der Waals surface area contributed by atoms with Crippen LogP contribution in [0.1, 0.15) is 34.6 Å². The van der Waals surface area contributed by atoms with Crippen LogP contribution in [-0.4, -0.2) is 18.0 Å². The lowest BCUT2D eigenvalue weighted by Gasteiger charge is -2.09. The van der Waals surface area contributed by atoms with E-state index in [0.29, 0.717) is 16.0 Å². The lowest BCUT2D eigenvalue weighted by Crippen LogP contribution is -2.21. The summed E-state index contributed by atoms with van der Waals surface area (Å²) < 4.78 is 11.4. The van der Waals surface area contributed by atoms with Crippen molar-refractivity contribution < 1.29 is 18.7 Å². The van der Waals surface area contributed by atoms with Gasteiger partial charge in [0, 0.05) is 9.86 Å². The van der Waals surface area contributed by atoms with Crippen molar-refractivity contribution in [2.45, 2.75) is 20.0 Å². The quantitative estimate of drug-likeness (QED) is 0.588. The Morgan fingerprint density at radius 1 is 1.23 bits per heavy atom. The average molecular weight is 435 g/mol. The number of nitrogens with one attached hydrogen (secondary N) is 2. The molecule has 0 bridgehead atoms. The van der Waals surface area contributed by atoms with Crippen LogP contribution in [0.4, 0.5) is 5.00 Å². The van der Waals surface area contributed by atoms with Crippen molar-refractivity contribution >= 4 is 55.1 Å². The number of ether oxygens (including phenoxy) is 1. The van der Waals surface area contributed by atoms with Crippen LogP contribution in [0.3, 0.4) is 0 Å². The first-order valence-corrected chi connectivity index (χ1v) is 9.40. The van der Waals surface area contributed by atoms with Crippen LogP contribution in [0, 0.1) is 5.41 Å². The Hall–Kier alpha value is -2.45. The van der Waals surface area contributed by atoms with Gasteiger partial charge in [0.15, 0.2) is 0 Å². The summed E-state index contributed by atoms with van der Waals surface area (Å²) in [5, 5.41) is 13.4. The highest BCUT2D eigenvalue weighted by Crippen LogP contribution is 2.25. The van der Waals surface area contributed by atoms with Crippen molar-refractivity contribution in [3.63, 3.8) is 0 Å². The maximum atomic E-state index is 12.6. The lowest BCUT2D eigenvalue weighted by atomic mass is 10.1. The zero-order valence-electron chi connectivity index (χ0n) is 14.0. The van der Waals surface area contributed by atoms with Gasteiger partial charge in [-0.2, -0.15) is 0 Å². The molecular weight excluding hydrogens is 420 g/mol. The van der Waals surface area contributed by atoms with Crippen molar-refractivity contribution in [1.29, 1.82) is 5.41 Å². The molecule has 2 aromatic heterocycles. The first-order valence-electron chi connectivity index (χ1n) is 7.73. The molecule has 1 aromatic carbocycles. The van der Waals surface area contributed by atoms with Crippen LogP contribution in [0.15, 0.2) is 44.6 Å². The molecule has 0 aliphatic rings. The Labute approximate surface area is 161 Å². The van der Waals surface area contributed by atoms with E-state index in [4.69, 9.17) is 14.6 Å². The Kier molecular flexibility index (Phi) is 5.24. The number of rotatable bonds is 4. The van der Waals surface area contributed by atoms with Gasteiger partial charge < -0.3 is 14.5 Å². The smallest absolute Gasteiger partial charge is 0.341 e. The maximum Gasteiger partial charge on any atom is 0.341 e. The molecule has 134 valence electrons. The van der Waals surface area contributed by atoms with Gasteiger partial charge in [-0.05, 0) is 49.6 Å². The summed E-state index contributed by atoms with van der Waals surface area (Å²) in [5.74, 6) is -1.03. The minimum atomic E-state index is -0.526. The molecule has 8 heteroatoms. The van der Waals surface area contributed by atoms with Crippen LogP contribution in [0.5, 0.6) is 0 Å². The van der Waals surface area contributed by atoms with Crippen LogP contribution >= 0.6 is 27.3 Å². The highest BCUT2D eigenvalue weighted by molar-refractivity contribution is 9.10. The SMILES string of the molecule is CC(C)OC(=O)c1ccsc1NC(=O)c1cc2cc(Br)ccc2oc1=N. The molecule has 1 amide bonds. The van der Waals surface area contributed by atoms with Gasteiger partial charge in [-0.1, -0.05) is 15.9 Å². The molecule has 0 saturated carbocycles. The Morgan fingerprint density at radius 3 is 2.73 bits per heavy atom. The van der Waals surface area contributed by atoms with Crippen LogP contribution in [0.25, 0.3) is 11.0 Å². The summed E-state index contributed by atoms with van der Waals surface area (Å²) in [6.07, 6.45) is -0.261.